The number of fused-ring (bicyclic) bond motifs is 1. The second kappa shape index (κ2) is 8.49. The van der Waals surface area contributed by atoms with Crippen molar-refractivity contribution >= 4 is 55.3 Å². The van der Waals surface area contributed by atoms with Gasteiger partial charge in [-0.1, -0.05) is 6.07 Å². The molecule has 30 heavy (non-hydrogen) atoms. The van der Waals surface area contributed by atoms with Gasteiger partial charge in [0.05, 0.1) is 4.90 Å². The molecule has 2 aromatic carbocycles. The first-order chi connectivity index (χ1) is 13.8. The third kappa shape index (κ3) is 5.32. The smallest absolute Gasteiger partial charge is 0.325 e. The SMILES string of the molecule is C=NNC(N=Nc1c(O)c(S(=O)(=O)O)cc2ccc(S(=O)(=O)O)cc12)=NCC(=O)O. The van der Waals surface area contributed by atoms with E-state index in [4.69, 9.17) is 5.11 Å². The van der Waals surface area contributed by atoms with Gasteiger partial charge < -0.3 is 10.2 Å². The van der Waals surface area contributed by atoms with Crippen molar-refractivity contribution in [1.82, 2.24) is 5.43 Å². The lowest BCUT2D eigenvalue weighted by Crippen LogP contribution is -2.16. The number of aromatic hydroxyl groups is 1. The van der Waals surface area contributed by atoms with Crippen molar-refractivity contribution in [1.29, 1.82) is 0 Å². The average molecular weight is 459 g/mol. The second-order valence-corrected chi connectivity index (χ2v) is 8.22. The highest BCUT2D eigenvalue weighted by molar-refractivity contribution is 7.86. The van der Waals surface area contributed by atoms with Crippen LogP contribution >= 0.6 is 0 Å². The summed E-state index contributed by atoms with van der Waals surface area (Å²) >= 11 is 0. The van der Waals surface area contributed by atoms with E-state index in [0.29, 0.717) is 0 Å². The maximum absolute atomic E-state index is 11.6. The van der Waals surface area contributed by atoms with E-state index in [1.807, 2.05) is 0 Å². The van der Waals surface area contributed by atoms with Crippen LogP contribution in [0.1, 0.15) is 0 Å². The van der Waals surface area contributed by atoms with E-state index in [2.05, 4.69) is 32.5 Å². The number of carboxylic acid groups (broad SMARTS) is 1. The average Bonchev–Trinajstić information content (AvgIpc) is 2.62. The molecule has 2 rings (SSSR count). The summed E-state index contributed by atoms with van der Waals surface area (Å²) in [5, 5.41) is 29.1. The molecule has 0 saturated carbocycles. The highest BCUT2D eigenvalue weighted by Gasteiger charge is 2.23. The van der Waals surface area contributed by atoms with Crippen molar-refractivity contribution in [2.75, 3.05) is 6.54 Å². The molecule has 5 N–H and O–H groups in total. The molecule has 2 aromatic rings. The molecule has 0 amide bonds. The fraction of sp³-hybridized carbons (Fsp3) is 0.0714. The molecule has 14 nitrogen and oxygen atoms in total. The van der Waals surface area contributed by atoms with Crippen LogP contribution in [0.15, 0.2) is 54.4 Å². The molecule has 0 saturated heterocycles. The first-order valence-corrected chi connectivity index (χ1v) is 10.4. The predicted molar refractivity (Wildman–Crippen MR) is 102 cm³/mol. The second-order valence-electron chi connectivity index (χ2n) is 5.41. The molecule has 160 valence electrons. The first kappa shape index (κ1) is 22.8. The Morgan fingerprint density at radius 3 is 2.30 bits per heavy atom. The molecule has 0 radical (unpaired) electrons. The van der Waals surface area contributed by atoms with E-state index >= 15 is 0 Å². The van der Waals surface area contributed by atoms with Gasteiger partial charge in [-0.25, -0.2) is 10.4 Å². The molecule has 0 unspecified atom stereocenters. The van der Waals surface area contributed by atoms with Crippen LogP contribution in [0.2, 0.25) is 0 Å². The van der Waals surface area contributed by atoms with E-state index in [0.717, 1.165) is 24.3 Å². The van der Waals surface area contributed by atoms with Crippen LogP contribution in [0.4, 0.5) is 5.69 Å². The van der Waals surface area contributed by atoms with Crippen molar-refractivity contribution < 1.29 is 40.9 Å². The number of aliphatic imine (C=N–C) groups is 1. The molecule has 0 aliphatic heterocycles. The minimum atomic E-state index is -4.93. The fourth-order valence-electron chi connectivity index (χ4n) is 2.18. The normalized spacial score (nSPS) is 12.9. The Labute approximate surface area is 168 Å². The molecular weight excluding hydrogens is 446 g/mol. The number of phenolic OH excluding ortho intramolecular Hbond substituents is 1. The maximum Gasteiger partial charge on any atom is 0.325 e. The lowest BCUT2D eigenvalue weighted by molar-refractivity contribution is -0.135. The Kier molecular flexibility index (Phi) is 6.46. The fourth-order valence-corrected chi connectivity index (χ4v) is 3.30. The molecule has 0 atom stereocenters. The number of carbonyl (C=O) groups is 1. The highest BCUT2D eigenvalue weighted by Crippen LogP contribution is 2.41. The molecule has 0 aliphatic rings. The summed E-state index contributed by atoms with van der Waals surface area (Å²) in [6, 6.07) is 3.76. The van der Waals surface area contributed by atoms with E-state index in [-0.39, 0.29) is 10.8 Å². The number of nitrogens with zero attached hydrogens (tertiary/aromatic N) is 4. The molecule has 0 bridgehead atoms. The monoisotopic (exact) mass is 459 g/mol. The van der Waals surface area contributed by atoms with E-state index in [9.17, 15) is 35.8 Å². The number of azo groups is 1. The number of hydrogen-bond donors (Lipinski definition) is 5. The zero-order valence-electron chi connectivity index (χ0n) is 14.7. The van der Waals surface area contributed by atoms with E-state index < -0.39 is 59.9 Å². The Morgan fingerprint density at radius 1 is 1.10 bits per heavy atom. The van der Waals surface area contributed by atoms with Crippen LogP contribution in [0.25, 0.3) is 10.8 Å². The summed E-state index contributed by atoms with van der Waals surface area (Å²) in [6.45, 7) is 2.34. The quantitative estimate of drug-likeness (QED) is 0.134. The minimum absolute atomic E-state index is 0.000560. The Balaban J connectivity index is 2.81. The zero-order valence-corrected chi connectivity index (χ0v) is 16.3. The molecule has 0 heterocycles. The maximum atomic E-state index is 11.6. The molecular formula is C14H13N5O9S2. The molecule has 0 spiro atoms. The lowest BCUT2D eigenvalue weighted by Gasteiger charge is -2.09. The highest BCUT2D eigenvalue weighted by atomic mass is 32.2. The van der Waals surface area contributed by atoms with Gasteiger partial charge in [0.25, 0.3) is 26.2 Å². The number of phenols is 1. The third-order valence-corrected chi connectivity index (χ3v) is 5.10. The molecule has 0 fully saturated rings. The number of aliphatic carboxylic acids is 1. The summed E-state index contributed by atoms with van der Waals surface area (Å²) in [5.74, 6) is -2.92. The first-order valence-electron chi connectivity index (χ1n) is 7.49. The van der Waals surface area contributed by atoms with Crippen LogP contribution in [-0.2, 0) is 25.0 Å². The third-order valence-electron chi connectivity index (χ3n) is 3.39. The minimum Gasteiger partial charge on any atom is -0.504 e. The predicted octanol–water partition coefficient (Wildman–Crippen LogP) is 0.768. The lowest BCUT2D eigenvalue weighted by atomic mass is 10.1. The molecule has 0 aromatic heterocycles. The van der Waals surface area contributed by atoms with Crippen LogP contribution in [0.5, 0.6) is 5.75 Å². The van der Waals surface area contributed by atoms with Gasteiger partial charge in [0.15, 0.2) is 5.75 Å². The van der Waals surface area contributed by atoms with Crippen molar-refractivity contribution in [2.24, 2.45) is 20.3 Å². The summed E-state index contributed by atoms with van der Waals surface area (Å²) in [6.07, 6.45) is 0. The van der Waals surface area contributed by atoms with Gasteiger partial charge >= 0.3 is 5.97 Å². The van der Waals surface area contributed by atoms with Gasteiger partial charge in [-0.3, -0.25) is 13.9 Å². The summed E-state index contributed by atoms with van der Waals surface area (Å²) in [4.78, 5) is 12.6. The molecule has 0 aliphatic carbocycles. The number of hydrazone groups is 1. The number of benzene rings is 2. The number of hydrogen-bond acceptors (Lipinski definition) is 9. The van der Waals surface area contributed by atoms with Gasteiger partial charge in [0, 0.05) is 12.1 Å². The Bertz CT molecular complexity index is 1300. The van der Waals surface area contributed by atoms with Crippen molar-refractivity contribution in [3.05, 3.63) is 24.3 Å². The topological polar surface area (TPSA) is 228 Å². The van der Waals surface area contributed by atoms with Gasteiger partial charge in [-0.15, -0.1) is 10.2 Å². The molecule has 16 heteroatoms. The van der Waals surface area contributed by atoms with Crippen LogP contribution in [-0.4, -0.2) is 61.3 Å². The van der Waals surface area contributed by atoms with Crippen LogP contribution in [0.3, 0.4) is 0 Å². The number of nitrogens with one attached hydrogen (secondary N) is 1. The Morgan fingerprint density at radius 2 is 1.77 bits per heavy atom. The van der Waals surface area contributed by atoms with E-state index in [1.54, 1.807) is 0 Å². The summed E-state index contributed by atoms with van der Waals surface area (Å²) in [7, 11) is -9.59. The van der Waals surface area contributed by atoms with Gasteiger partial charge in [-0.05, 0) is 23.6 Å². The van der Waals surface area contributed by atoms with Crippen molar-refractivity contribution in [2.45, 2.75) is 9.79 Å². The number of carboxylic acids is 1. The van der Waals surface area contributed by atoms with E-state index in [1.165, 1.54) is 0 Å². The van der Waals surface area contributed by atoms with Crippen molar-refractivity contribution in [3.8, 4) is 5.75 Å². The van der Waals surface area contributed by atoms with Crippen LogP contribution in [0, 0.1) is 0 Å². The van der Waals surface area contributed by atoms with Gasteiger partial charge in [0.2, 0.25) is 0 Å². The zero-order chi connectivity index (χ0) is 22.7. The standard InChI is InChI=1S/C14H13N5O9S2/c1-15-18-14(16-6-11(20)21)19-17-12-9-5-8(29(23,24)25)3-2-7(9)4-10(13(12)22)30(26,27)28/h2-5,22H,1,6H2,(H,16,18)(H,20,21)(H,23,24,25)(H,26,27,28). The van der Waals surface area contributed by atoms with Gasteiger partial charge in [0.1, 0.15) is 17.1 Å². The Hall–Kier alpha value is -3.47. The summed E-state index contributed by atoms with van der Waals surface area (Å²) in [5.41, 5.74) is 1.49. The van der Waals surface area contributed by atoms with Gasteiger partial charge in [-0.2, -0.15) is 21.9 Å². The number of guanidine groups is 1. The number of rotatable bonds is 6. The van der Waals surface area contributed by atoms with Crippen LogP contribution < -0.4 is 5.43 Å². The summed E-state index contributed by atoms with van der Waals surface area (Å²) < 4.78 is 64.5. The largest absolute Gasteiger partial charge is 0.504 e. The van der Waals surface area contributed by atoms with Crippen molar-refractivity contribution in [3.63, 3.8) is 0 Å².